The molecule has 2 rings (SSSR count). The topological polar surface area (TPSA) is 73.3 Å². The van der Waals surface area contributed by atoms with E-state index < -0.39 is 0 Å². The van der Waals surface area contributed by atoms with Crippen LogP contribution in [0.3, 0.4) is 0 Å². The van der Waals surface area contributed by atoms with E-state index in [1.807, 2.05) is 18.2 Å². The van der Waals surface area contributed by atoms with Gasteiger partial charge in [-0.3, -0.25) is 0 Å². The smallest absolute Gasteiger partial charge is 0.0826 e. The van der Waals surface area contributed by atoms with Gasteiger partial charge in [-0.15, -0.1) is 0 Å². The van der Waals surface area contributed by atoms with Gasteiger partial charge >= 0.3 is 0 Å². The fourth-order valence-corrected chi connectivity index (χ4v) is 1.95. The molecule has 1 unspecified atom stereocenters. The standard InChI is InChI=1S/C12H19N3O/c1-12(5-2-6-16-12)8-15-9-3-4-10(13)11(14)7-9/h3-4,7,15H,2,5-6,8,13-14H2,1H3. The average Bonchev–Trinajstić information content (AvgIpc) is 2.68. The number of ether oxygens (including phenoxy) is 1. The SMILES string of the molecule is CC1(CNc2ccc(N)c(N)c2)CCCO1. The summed E-state index contributed by atoms with van der Waals surface area (Å²) in [7, 11) is 0. The Kier molecular flexibility index (Phi) is 2.92. The van der Waals surface area contributed by atoms with E-state index in [4.69, 9.17) is 16.2 Å². The molecule has 0 amide bonds. The van der Waals surface area contributed by atoms with Gasteiger partial charge in [0.05, 0.1) is 17.0 Å². The van der Waals surface area contributed by atoms with Crippen LogP contribution < -0.4 is 16.8 Å². The average molecular weight is 221 g/mol. The van der Waals surface area contributed by atoms with E-state index in [1.165, 1.54) is 0 Å². The van der Waals surface area contributed by atoms with Crippen molar-refractivity contribution < 1.29 is 4.74 Å². The zero-order valence-electron chi connectivity index (χ0n) is 9.62. The van der Waals surface area contributed by atoms with Gasteiger partial charge in [0.15, 0.2) is 0 Å². The van der Waals surface area contributed by atoms with Crippen LogP contribution in [0.5, 0.6) is 0 Å². The maximum Gasteiger partial charge on any atom is 0.0826 e. The molecule has 1 fully saturated rings. The summed E-state index contributed by atoms with van der Waals surface area (Å²) in [4.78, 5) is 0. The van der Waals surface area contributed by atoms with Crippen LogP contribution in [0.4, 0.5) is 17.1 Å². The first-order chi connectivity index (χ1) is 7.59. The van der Waals surface area contributed by atoms with Crippen molar-refractivity contribution in [1.82, 2.24) is 0 Å². The maximum absolute atomic E-state index is 5.74. The van der Waals surface area contributed by atoms with Crippen molar-refractivity contribution in [2.45, 2.75) is 25.4 Å². The van der Waals surface area contributed by atoms with Gasteiger partial charge in [0.1, 0.15) is 0 Å². The predicted octanol–water partition coefficient (Wildman–Crippen LogP) is 1.83. The minimum atomic E-state index is -0.0455. The van der Waals surface area contributed by atoms with Crippen molar-refractivity contribution in [2.24, 2.45) is 0 Å². The highest BCUT2D eigenvalue weighted by Crippen LogP contribution is 2.26. The molecule has 4 nitrogen and oxygen atoms in total. The van der Waals surface area contributed by atoms with E-state index in [0.717, 1.165) is 31.7 Å². The summed E-state index contributed by atoms with van der Waals surface area (Å²) in [6, 6.07) is 5.60. The van der Waals surface area contributed by atoms with Gasteiger partial charge in [-0.25, -0.2) is 0 Å². The van der Waals surface area contributed by atoms with Crippen LogP contribution in [-0.2, 0) is 4.74 Å². The van der Waals surface area contributed by atoms with Gasteiger partial charge in [-0.2, -0.15) is 0 Å². The third kappa shape index (κ3) is 2.39. The van der Waals surface area contributed by atoms with Crippen LogP contribution in [0.2, 0.25) is 0 Å². The van der Waals surface area contributed by atoms with E-state index in [0.29, 0.717) is 11.4 Å². The van der Waals surface area contributed by atoms with Crippen LogP contribution >= 0.6 is 0 Å². The van der Waals surface area contributed by atoms with Gasteiger partial charge < -0.3 is 21.5 Å². The van der Waals surface area contributed by atoms with Crippen molar-refractivity contribution in [2.75, 3.05) is 29.9 Å². The maximum atomic E-state index is 5.74. The summed E-state index contributed by atoms with van der Waals surface area (Å²) in [5.74, 6) is 0. The molecule has 0 aromatic heterocycles. The van der Waals surface area contributed by atoms with Crippen LogP contribution in [0.15, 0.2) is 18.2 Å². The molecule has 0 radical (unpaired) electrons. The first-order valence-electron chi connectivity index (χ1n) is 5.62. The minimum Gasteiger partial charge on any atom is -0.397 e. The first-order valence-corrected chi connectivity index (χ1v) is 5.62. The molecule has 88 valence electrons. The predicted molar refractivity (Wildman–Crippen MR) is 67.3 cm³/mol. The van der Waals surface area contributed by atoms with E-state index in [-0.39, 0.29) is 5.60 Å². The molecule has 1 aliphatic heterocycles. The molecule has 1 aromatic rings. The molecule has 0 aliphatic carbocycles. The number of hydrogen-bond donors (Lipinski definition) is 3. The molecular formula is C12H19N3O. The van der Waals surface area contributed by atoms with E-state index in [9.17, 15) is 0 Å². The van der Waals surface area contributed by atoms with E-state index in [1.54, 1.807) is 0 Å². The molecule has 0 bridgehead atoms. The lowest BCUT2D eigenvalue weighted by Gasteiger charge is -2.24. The Labute approximate surface area is 96.0 Å². The second-order valence-electron chi connectivity index (χ2n) is 4.60. The molecule has 1 heterocycles. The summed E-state index contributed by atoms with van der Waals surface area (Å²) >= 11 is 0. The fourth-order valence-electron chi connectivity index (χ4n) is 1.95. The Morgan fingerprint density at radius 1 is 1.38 bits per heavy atom. The lowest BCUT2D eigenvalue weighted by molar-refractivity contribution is 0.0315. The van der Waals surface area contributed by atoms with Crippen molar-refractivity contribution in [3.63, 3.8) is 0 Å². The summed E-state index contributed by atoms with van der Waals surface area (Å²) in [6.07, 6.45) is 2.24. The monoisotopic (exact) mass is 221 g/mol. The molecular weight excluding hydrogens is 202 g/mol. The summed E-state index contributed by atoms with van der Waals surface area (Å²) in [5, 5.41) is 3.33. The Bertz CT molecular complexity index is 373. The van der Waals surface area contributed by atoms with E-state index in [2.05, 4.69) is 12.2 Å². The fraction of sp³-hybridized carbons (Fsp3) is 0.500. The van der Waals surface area contributed by atoms with Crippen molar-refractivity contribution in [3.05, 3.63) is 18.2 Å². The molecule has 0 spiro atoms. The second-order valence-corrected chi connectivity index (χ2v) is 4.60. The number of benzene rings is 1. The summed E-state index contributed by atoms with van der Waals surface area (Å²) < 4.78 is 5.70. The zero-order valence-corrected chi connectivity index (χ0v) is 9.62. The Hall–Kier alpha value is -1.42. The highest BCUT2D eigenvalue weighted by atomic mass is 16.5. The van der Waals surface area contributed by atoms with Crippen molar-refractivity contribution in [3.8, 4) is 0 Å². The largest absolute Gasteiger partial charge is 0.397 e. The third-order valence-corrected chi connectivity index (χ3v) is 3.05. The van der Waals surface area contributed by atoms with E-state index >= 15 is 0 Å². The summed E-state index contributed by atoms with van der Waals surface area (Å²) in [5.41, 5.74) is 13.6. The minimum absolute atomic E-state index is 0.0455. The van der Waals surface area contributed by atoms with Crippen molar-refractivity contribution >= 4 is 17.1 Å². The summed E-state index contributed by atoms with van der Waals surface area (Å²) in [6.45, 7) is 3.80. The van der Waals surface area contributed by atoms with Crippen LogP contribution in [0, 0.1) is 0 Å². The highest BCUT2D eigenvalue weighted by molar-refractivity contribution is 5.69. The highest BCUT2D eigenvalue weighted by Gasteiger charge is 2.29. The molecule has 0 saturated carbocycles. The second kappa shape index (κ2) is 4.22. The van der Waals surface area contributed by atoms with Gasteiger partial charge in [0.25, 0.3) is 0 Å². The molecule has 4 heteroatoms. The molecule has 16 heavy (non-hydrogen) atoms. The first kappa shape index (κ1) is 11.1. The third-order valence-electron chi connectivity index (χ3n) is 3.05. The normalized spacial score (nSPS) is 24.6. The number of hydrogen-bond acceptors (Lipinski definition) is 4. The Morgan fingerprint density at radius 3 is 2.81 bits per heavy atom. The molecule has 1 atom stereocenters. The molecule has 1 saturated heterocycles. The van der Waals surface area contributed by atoms with Gasteiger partial charge in [-0.05, 0) is 38.0 Å². The lowest BCUT2D eigenvalue weighted by Crippen LogP contribution is -2.32. The molecule has 1 aromatic carbocycles. The number of anilines is 3. The van der Waals surface area contributed by atoms with Crippen molar-refractivity contribution in [1.29, 1.82) is 0 Å². The van der Waals surface area contributed by atoms with Crippen LogP contribution in [-0.4, -0.2) is 18.8 Å². The van der Waals surface area contributed by atoms with Gasteiger partial charge in [-0.1, -0.05) is 0 Å². The molecule has 5 N–H and O–H groups in total. The lowest BCUT2D eigenvalue weighted by atomic mass is 10.0. The number of nitrogen functional groups attached to an aromatic ring is 2. The van der Waals surface area contributed by atoms with Gasteiger partial charge in [0, 0.05) is 18.8 Å². The zero-order chi connectivity index (χ0) is 11.6. The quantitative estimate of drug-likeness (QED) is 0.681. The van der Waals surface area contributed by atoms with Gasteiger partial charge in [0.2, 0.25) is 0 Å². The van der Waals surface area contributed by atoms with Crippen LogP contribution in [0.1, 0.15) is 19.8 Å². The Morgan fingerprint density at radius 2 is 2.19 bits per heavy atom. The molecule has 1 aliphatic rings. The number of nitrogens with one attached hydrogen (secondary N) is 1. The Balaban J connectivity index is 1.96. The van der Waals surface area contributed by atoms with Crippen LogP contribution in [0.25, 0.3) is 0 Å². The number of nitrogens with two attached hydrogens (primary N) is 2. The number of rotatable bonds is 3.